The van der Waals surface area contributed by atoms with Crippen LogP contribution in [0.3, 0.4) is 0 Å². The van der Waals surface area contributed by atoms with Gasteiger partial charge < -0.3 is 9.30 Å². The van der Waals surface area contributed by atoms with Crippen molar-refractivity contribution in [1.29, 1.82) is 0 Å². The largest absolute Gasteiger partial charge is 0.497 e. The molecule has 4 heteroatoms. The van der Waals surface area contributed by atoms with Gasteiger partial charge in [-0.3, -0.25) is 0 Å². The maximum Gasteiger partial charge on any atom is 0.177 e. The first kappa shape index (κ1) is 10.2. The molecule has 0 N–H and O–H groups in total. The summed E-state index contributed by atoms with van der Waals surface area (Å²) < 4.78 is 7.92. The van der Waals surface area contributed by atoms with E-state index >= 15 is 0 Å². The van der Waals surface area contributed by atoms with Crippen LogP contribution in [-0.2, 0) is 7.05 Å². The molecule has 0 radical (unpaired) electrons. The monoisotopic (exact) mass is 266 g/mol. The molecule has 0 saturated heterocycles. The summed E-state index contributed by atoms with van der Waals surface area (Å²) in [5.74, 6) is 0.861. The average Bonchev–Trinajstić information content (AvgIpc) is 2.60. The standard InChI is InChI=1S/C11H11BrN2O/c1-14-10(7-13-11(14)12)8-3-5-9(15-2)6-4-8/h3-7H,1-2H3. The lowest BCUT2D eigenvalue weighted by Crippen LogP contribution is -1.91. The fourth-order valence-corrected chi connectivity index (χ4v) is 1.71. The molecule has 1 heterocycles. The molecule has 0 atom stereocenters. The SMILES string of the molecule is COc1ccc(-c2cnc(Br)n2C)cc1. The van der Waals surface area contributed by atoms with Crippen LogP contribution in [0.4, 0.5) is 0 Å². The highest BCUT2D eigenvalue weighted by molar-refractivity contribution is 9.10. The molecule has 0 bridgehead atoms. The molecule has 0 unspecified atom stereocenters. The van der Waals surface area contributed by atoms with Gasteiger partial charge in [-0.15, -0.1) is 0 Å². The first-order chi connectivity index (χ1) is 7.22. The summed E-state index contributed by atoms with van der Waals surface area (Å²) in [6.07, 6.45) is 1.84. The molecule has 1 aromatic heterocycles. The van der Waals surface area contributed by atoms with Crippen LogP contribution < -0.4 is 4.74 Å². The Morgan fingerprint density at radius 3 is 2.40 bits per heavy atom. The van der Waals surface area contributed by atoms with E-state index in [1.807, 2.05) is 42.1 Å². The van der Waals surface area contributed by atoms with Gasteiger partial charge in [0.2, 0.25) is 0 Å². The van der Waals surface area contributed by atoms with Crippen LogP contribution in [0.15, 0.2) is 35.2 Å². The first-order valence-electron chi connectivity index (χ1n) is 4.54. The Balaban J connectivity index is 2.41. The third kappa shape index (κ3) is 1.90. The highest BCUT2D eigenvalue weighted by atomic mass is 79.9. The highest BCUT2D eigenvalue weighted by Crippen LogP contribution is 2.24. The third-order valence-electron chi connectivity index (χ3n) is 2.32. The lowest BCUT2D eigenvalue weighted by molar-refractivity contribution is 0.415. The average molecular weight is 267 g/mol. The summed E-state index contributed by atoms with van der Waals surface area (Å²) in [7, 11) is 3.63. The molecule has 2 rings (SSSR count). The molecule has 0 fully saturated rings. The van der Waals surface area contributed by atoms with E-state index < -0.39 is 0 Å². The zero-order valence-electron chi connectivity index (χ0n) is 8.57. The number of halogens is 1. The quantitative estimate of drug-likeness (QED) is 0.836. The normalized spacial score (nSPS) is 10.3. The van der Waals surface area contributed by atoms with Crippen LogP contribution in [0.1, 0.15) is 0 Å². The number of hydrogen-bond acceptors (Lipinski definition) is 2. The summed E-state index contributed by atoms with van der Waals surface area (Å²) in [5, 5.41) is 0. The van der Waals surface area contributed by atoms with Gasteiger partial charge in [0.25, 0.3) is 0 Å². The minimum absolute atomic E-state index is 0.827. The zero-order chi connectivity index (χ0) is 10.8. The molecule has 0 spiro atoms. The van der Waals surface area contributed by atoms with Crippen molar-refractivity contribution >= 4 is 15.9 Å². The molecule has 0 aliphatic carbocycles. The van der Waals surface area contributed by atoms with E-state index in [2.05, 4.69) is 20.9 Å². The van der Waals surface area contributed by atoms with Crippen molar-refractivity contribution in [2.45, 2.75) is 0 Å². The second-order valence-corrected chi connectivity index (χ2v) is 3.91. The van der Waals surface area contributed by atoms with Crippen LogP contribution in [0.2, 0.25) is 0 Å². The van der Waals surface area contributed by atoms with E-state index in [-0.39, 0.29) is 0 Å². The Morgan fingerprint density at radius 1 is 1.27 bits per heavy atom. The predicted octanol–water partition coefficient (Wildman–Crippen LogP) is 2.86. The van der Waals surface area contributed by atoms with Crippen LogP contribution >= 0.6 is 15.9 Å². The Morgan fingerprint density at radius 2 is 1.93 bits per heavy atom. The van der Waals surface area contributed by atoms with E-state index in [4.69, 9.17) is 4.74 Å². The van der Waals surface area contributed by atoms with E-state index in [9.17, 15) is 0 Å². The maximum atomic E-state index is 5.11. The molecular formula is C11H11BrN2O. The van der Waals surface area contributed by atoms with Crippen molar-refractivity contribution in [2.75, 3.05) is 7.11 Å². The smallest absolute Gasteiger partial charge is 0.177 e. The summed E-state index contributed by atoms with van der Waals surface area (Å²) in [6, 6.07) is 7.91. The second kappa shape index (κ2) is 4.06. The van der Waals surface area contributed by atoms with Crippen molar-refractivity contribution in [3.05, 3.63) is 35.2 Å². The lowest BCUT2D eigenvalue weighted by atomic mass is 10.1. The summed E-state index contributed by atoms with van der Waals surface area (Å²) >= 11 is 3.37. The van der Waals surface area contributed by atoms with Gasteiger partial charge in [-0.25, -0.2) is 4.98 Å². The van der Waals surface area contributed by atoms with Crippen LogP contribution in [-0.4, -0.2) is 16.7 Å². The molecule has 0 aliphatic rings. The number of aromatic nitrogens is 2. The molecule has 78 valence electrons. The number of benzene rings is 1. The third-order valence-corrected chi connectivity index (χ3v) is 3.05. The van der Waals surface area contributed by atoms with Gasteiger partial charge in [-0.05, 0) is 40.2 Å². The number of ether oxygens (including phenoxy) is 1. The van der Waals surface area contributed by atoms with Crippen molar-refractivity contribution in [2.24, 2.45) is 7.05 Å². The molecule has 0 aliphatic heterocycles. The zero-order valence-corrected chi connectivity index (χ0v) is 10.2. The molecule has 2 aromatic rings. The number of methoxy groups -OCH3 is 1. The van der Waals surface area contributed by atoms with Gasteiger partial charge in [0.1, 0.15) is 5.75 Å². The second-order valence-electron chi connectivity index (χ2n) is 3.20. The van der Waals surface area contributed by atoms with Gasteiger partial charge in [0.05, 0.1) is 19.0 Å². The van der Waals surface area contributed by atoms with E-state index in [1.54, 1.807) is 7.11 Å². The predicted molar refractivity (Wildman–Crippen MR) is 62.9 cm³/mol. The lowest BCUT2D eigenvalue weighted by Gasteiger charge is -2.04. The maximum absolute atomic E-state index is 5.11. The van der Waals surface area contributed by atoms with E-state index in [0.29, 0.717) is 0 Å². The van der Waals surface area contributed by atoms with Gasteiger partial charge in [0, 0.05) is 12.6 Å². The van der Waals surface area contributed by atoms with Crippen LogP contribution in [0.5, 0.6) is 5.75 Å². The molecule has 0 amide bonds. The number of imidazole rings is 1. The Kier molecular flexibility index (Phi) is 2.77. The van der Waals surface area contributed by atoms with E-state index in [1.165, 1.54) is 0 Å². The number of nitrogens with zero attached hydrogens (tertiary/aromatic N) is 2. The van der Waals surface area contributed by atoms with Crippen molar-refractivity contribution in [1.82, 2.24) is 9.55 Å². The van der Waals surface area contributed by atoms with Crippen LogP contribution in [0, 0.1) is 0 Å². The molecule has 1 aromatic carbocycles. The Labute approximate surface area is 96.8 Å². The van der Waals surface area contributed by atoms with Gasteiger partial charge in [-0.1, -0.05) is 0 Å². The summed E-state index contributed by atoms with van der Waals surface area (Å²) in [4.78, 5) is 4.18. The van der Waals surface area contributed by atoms with Crippen molar-refractivity contribution in [3.8, 4) is 17.0 Å². The summed E-state index contributed by atoms with van der Waals surface area (Å²) in [5.41, 5.74) is 2.20. The first-order valence-corrected chi connectivity index (χ1v) is 5.33. The van der Waals surface area contributed by atoms with E-state index in [0.717, 1.165) is 21.7 Å². The van der Waals surface area contributed by atoms with Gasteiger partial charge in [0.15, 0.2) is 4.73 Å². The molecule has 15 heavy (non-hydrogen) atoms. The number of rotatable bonds is 2. The molecular weight excluding hydrogens is 256 g/mol. The topological polar surface area (TPSA) is 27.1 Å². The van der Waals surface area contributed by atoms with Crippen molar-refractivity contribution < 1.29 is 4.74 Å². The minimum atomic E-state index is 0.827. The van der Waals surface area contributed by atoms with Crippen LogP contribution in [0.25, 0.3) is 11.3 Å². The van der Waals surface area contributed by atoms with Gasteiger partial charge in [-0.2, -0.15) is 0 Å². The number of hydrogen-bond donors (Lipinski definition) is 0. The summed E-state index contributed by atoms with van der Waals surface area (Å²) in [6.45, 7) is 0. The fourth-order valence-electron chi connectivity index (χ4n) is 1.42. The molecule has 0 saturated carbocycles. The fraction of sp³-hybridized carbons (Fsp3) is 0.182. The minimum Gasteiger partial charge on any atom is -0.497 e. The Bertz CT molecular complexity index is 462. The highest BCUT2D eigenvalue weighted by Gasteiger charge is 2.05. The van der Waals surface area contributed by atoms with Crippen molar-refractivity contribution in [3.63, 3.8) is 0 Å². The van der Waals surface area contributed by atoms with Gasteiger partial charge >= 0.3 is 0 Å². The Hall–Kier alpha value is -1.29. The molecule has 3 nitrogen and oxygen atoms in total.